The van der Waals surface area contributed by atoms with Crippen molar-refractivity contribution in [3.05, 3.63) is 35.4 Å². The third-order valence-corrected chi connectivity index (χ3v) is 2.27. The zero-order valence-electron chi connectivity index (χ0n) is 9.50. The Bertz CT molecular complexity index is 333. The van der Waals surface area contributed by atoms with Gasteiger partial charge in [-0.25, -0.2) is 0 Å². The van der Waals surface area contributed by atoms with Crippen molar-refractivity contribution in [1.82, 2.24) is 0 Å². The summed E-state index contributed by atoms with van der Waals surface area (Å²) in [5.74, 6) is 0. The fourth-order valence-corrected chi connectivity index (χ4v) is 1.27. The number of alkyl halides is 3. The van der Waals surface area contributed by atoms with Crippen molar-refractivity contribution < 1.29 is 23.0 Å². The highest BCUT2D eigenvalue weighted by Crippen LogP contribution is 2.20. The van der Waals surface area contributed by atoms with E-state index >= 15 is 0 Å². The van der Waals surface area contributed by atoms with Crippen LogP contribution >= 0.6 is 0 Å². The van der Waals surface area contributed by atoms with E-state index in [4.69, 9.17) is 4.74 Å². The molecule has 5 heteroatoms. The fraction of sp³-hybridized carbons (Fsp3) is 0.500. The lowest BCUT2D eigenvalue weighted by Gasteiger charge is -2.12. The van der Waals surface area contributed by atoms with E-state index in [1.54, 1.807) is 12.1 Å². The van der Waals surface area contributed by atoms with Crippen LogP contribution in [0.5, 0.6) is 0 Å². The van der Waals surface area contributed by atoms with Gasteiger partial charge in [-0.3, -0.25) is 0 Å². The first-order chi connectivity index (χ1) is 7.88. The summed E-state index contributed by atoms with van der Waals surface area (Å²) in [5.41, 5.74) is 1.70. The van der Waals surface area contributed by atoms with Gasteiger partial charge in [-0.15, -0.1) is 0 Å². The molecular formula is C12H15F3O2. The van der Waals surface area contributed by atoms with E-state index in [-0.39, 0.29) is 6.61 Å². The Morgan fingerprint density at radius 2 is 1.82 bits per heavy atom. The normalized spacial score (nSPS) is 13.7. The molecule has 1 aromatic carbocycles. The van der Waals surface area contributed by atoms with E-state index in [2.05, 4.69) is 0 Å². The Morgan fingerprint density at radius 3 is 2.35 bits per heavy atom. The number of ether oxygens (including phenoxy) is 1. The topological polar surface area (TPSA) is 29.5 Å². The van der Waals surface area contributed by atoms with Crippen molar-refractivity contribution in [3.63, 3.8) is 0 Å². The van der Waals surface area contributed by atoms with Gasteiger partial charge in [-0.1, -0.05) is 29.8 Å². The Hall–Kier alpha value is -1.07. The van der Waals surface area contributed by atoms with Gasteiger partial charge < -0.3 is 9.84 Å². The van der Waals surface area contributed by atoms with Crippen LogP contribution in [0.2, 0.25) is 0 Å². The summed E-state index contributed by atoms with van der Waals surface area (Å²) >= 11 is 0. The molecule has 0 bridgehead atoms. The molecule has 0 heterocycles. The average molecular weight is 248 g/mol. The van der Waals surface area contributed by atoms with E-state index in [1.165, 1.54) is 0 Å². The van der Waals surface area contributed by atoms with Gasteiger partial charge in [-0.05, 0) is 12.5 Å². The predicted octanol–water partition coefficient (Wildman–Crippen LogP) is 3.00. The van der Waals surface area contributed by atoms with E-state index in [0.29, 0.717) is 5.56 Å². The lowest BCUT2D eigenvalue weighted by atomic mass is 10.1. The zero-order chi connectivity index (χ0) is 12.9. The number of rotatable bonds is 5. The van der Waals surface area contributed by atoms with Crippen LogP contribution in [-0.2, 0) is 4.74 Å². The van der Waals surface area contributed by atoms with Crippen LogP contribution < -0.4 is 0 Å². The number of hydrogen-bond donors (Lipinski definition) is 1. The Kier molecular flexibility index (Phi) is 4.96. The smallest absolute Gasteiger partial charge is 0.386 e. The molecule has 0 aromatic heterocycles. The van der Waals surface area contributed by atoms with Crippen LogP contribution in [-0.4, -0.2) is 24.5 Å². The maximum Gasteiger partial charge on any atom is 0.391 e. The number of aliphatic hydroxyl groups excluding tert-OH is 1. The molecule has 1 rings (SSSR count). The molecule has 0 spiro atoms. The van der Waals surface area contributed by atoms with Gasteiger partial charge in [0.25, 0.3) is 0 Å². The highest BCUT2D eigenvalue weighted by atomic mass is 19.4. The second-order valence-corrected chi connectivity index (χ2v) is 3.87. The molecule has 0 radical (unpaired) electrons. The molecule has 0 aliphatic heterocycles. The second kappa shape index (κ2) is 6.02. The van der Waals surface area contributed by atoms with Gasteiger partial charge in [0.05, 0.1) is 19.6 Å². The SMILES string of the molecule is Cc1ccc(C(O)COCCC(F)(F)F)cc1. The molecule has 1 N–H and O–H groups in total. The minimum atomic E-state index is -4.21. The molecule has 1 aromatic rings. The summed E-state index contributed by atoms with van der Waals surface area (Å²) in [6.45, 7) is 1.36. The van der Waals surface area contributed by atoms with Crippen molar-refractivity contribution >= 4 is 0 Å². The fourth-order valence-electron chi connectivity index (χ4n) is 1.27. The van der Waals surface area contributed by atoms with Gasteiger partial charge in [0.2, 0.25) is 0 Å². The van der Waals surface area contributed by atoms with E-state index < -0.39 is 25.3 Å². The van der Waals surface area contributed by atoms with Gasteiger partial charge in [-0.2, -0.15) is 13.2 Å². The summed E-state index contributed by atoms with van der Waals surface area (Å²) in [7, 11) is 0. The van der Waals surface area contributed by atoms with Crippen molar-refractivity contribution in [2.75, 3.05) is 13.2 Å². The maximum absolute atomic E-state index is 11.8. The van der Waals surface area contributed by atoms with Gasteiger partial charge in [0.1, 0.15) is 6.10 Å². The number of benzene rings is 1. The molecule has 17 heavy (non-hydrogen) atoms. The first-order valence-corrected chi connectivity index (χ1v) is 5.27. The molecule has 0 aliphatic carbocycles. The van der Waals surface area contributed by atoms with Crippen molar-refractivity contribution in [2.45, 2.75) is 25.6 Å². The number of halogens is 3. The molecular weight excluding hydrogens is 233 g/mol. The molecule has 2 nitrogen and oxygen atoms in total. The molecule has 0 saturated carbocycles. The standard InChI is InChI=1S/C12H15F3O2/c1-9-2-4-10(5-3-9)11(16)8-17-7-6-12(13,14)15/h2-5,11,16H,6-8H2,1H3. The summed E-state index contributed by atoms with van der Waals surface area (Å²) in [5, 5.41) is 9.63. The van der Waals surface area contributed by atoms with Crippen molar-refractivity contribution in [2.24, 2.45) is 0 Å². The second-order valence-electron chi connectivity index (χ2n) is 3.87. The highest BCUT2D eigenvalue weighted by molar-refractivity contribution is 5.23. The van der Waals surface area contributed by atoms with Crippen LogP contribution in [0.1, 0.15) is 23.7 Å². The van der Waals surface area contributed by atoms with E-state index in [1.807, 2.05) is 19.1 Å². The van der Waals surface area contributed by atoms with Crippen LogP contribution in [0.15, 0.2) is 24.3 Å². The summed E-state index contributed by atoms with van der Waals surface area (Å²) < 4.78 is 40.2. The summed E-state index contributed by atoms with van der Waals surface area (Å²) in [6.07, 6.45) is -6.09. The summed E-state index contributed by atoms with van der Waals surface area (Å²) in [6, 6.07) is 7.11. The molecule has 0 aliphatic rings. The largest absolute Gasteiger partial charge is 0.391 e. The maximum atomic E-state index is 11.8. The molecule has 0 fully saturated rings. The van der Waals surface area contributed by atoms with Gasteiger partial charge in [0.15, 0.2) is 0 Å². The summed E-state index contributed by atoms with van der Waals surface area (Å²) in [4.78, 5) is 0. The lowest BCUT2D eigenvalue weighted by molar-refractivity contribution is -0.147. The van der Waals surface area contributed by atoms with Crippen LogP contribution in [0, 0.1) is 6.92 Å². The minimum Gasteiger partial charge on any atom is -0.386 e. The Balaban J connectivity index is 2.30. The Labute approximate surface area is 98.0 Å². The molecule has 0 amide bonds. The predicted molar refractivity (Wildman–Crippen MR) is 57.6 cm³/mol. The third kappa shape index (κ3) is 5.70. The molecule has 1 atom stereocenters. The first-order valence-electron chi connectivity index (χ1n) is 5.27. The highest BCUT2D eigenvalue weighted by Gasteiger charge is 2.26. The zero-order valence-corrected chi connectivity index (χ0v) is 9.50. The molecule has 1 unspecified atom stereocenters. The van der Waals surface area contributed by atoms with Crippen LogP contribution in [0.4, 0.5) is 13.2 Å². The first kappa shape index (κ1) is 14.0. The van der Waals surface area contributed by atoms with Crippen molar-refractivity contribution in [1.29, 1.82) is 0 Å². The van der Waals surface area contributed by atoms with Gasteiger partial charge >= 0.3 is 6.18 Å². The monoisotopic (exact) mass is 248 g/mol. The number of aliphatic hydroxyl groups is 1. The molecule has 0 saturated heterocycles. The quantitative estimate of drug-likeness (QED) is 0.812. The van der Waals surface area contributed by atoms with Crippen LogP contribution in [0.25, 0.3) is 0 Å². The number of aryl methyl sites for hydroxylation is 1. The van der Waals surface area contributed by atoms with E-state index in [0.717, 1.165) is 5.56 Å². The minimum absolute atomic E-state index is 0.126. The Morgan fingerprint density at radius 1 is 1.24 bits per heavy atom. The third-order valence-electron chi connectivity index (χ3n) is 2.27. The average Bonchev–Trinajstić information content (AvgIpc) is 2.24. The van der Waals surface area contributed by atoms with Crippen molar-refractivity contribution in [3.8, 4) is 0 Å². The number of hydrogen-bond acceptors (Lipinski definition) is 2. The van der Waals surface area contributed by atoms with E-state index in [9.17, 15) is 18.3 Å². The van der Waals surface area contributed by atoms with Crippen LogP contribution in [0.3, 0.4) is 0 Å². The lowest BCUT2D eigenvalue weighted by Crippen LogP contribution is -2.14. The van der Waals surface area contributed by atoms with Gasteiger partial charge in [0, 0.05) is 0 Å². The molecule has 96 valence electrons.